The van der Waals surface area contributed by atoms with Crippen LogP contribution in [0.3, 0.4) is 0 Å². The van der Waals surface area contributed by atoms with Gasteiger partial charge in [-0.2, -0.15) is 0 Å². The van der Waals surface area contributed by atoms with E-state index in [4.69, 9.17) is 9.15 Å². The molecule has 29 heavy (non-hydrogen) atoms. The van der Waals surface area contributed by atoms with Crippen LogP contribution in [0, 0.1) is 5.82 Å². The number of halogens is 1. The number of amides is 1. The van der Waals surface area contributed by atoms with Crippen LogP contribution >= 0.6 is 0 Å². The van der Waals surface area contributed by atoms with Crippen molar-refractivity contribution >= 4 is 11.7 Å². The Morgan fingerprint density at radius 3 is 2.52 bits per heavy atom. The van der Waals surface area contributed by atoms with E-state index in [0.717, 1.165) is 5.56 Å². The molecule has 0 atom stereocenters. The number of carbonyl (C=O) groups is 2. The third-order valence-corrected chi connectivity index (χ3v) is 5.21. The molecule has 1 N–H and O–H groups in total. The molecule has 1 aromatic heterocycles. The van der Waals surface area contributed by atoms with E-state index >= 15 is 0 Å². The first-order chi connectivity index (χ1) is 13.7. The van der Waals surface area contributed by atoms with E-state index in [-0.39, 0.29) is 23.7 Å². The fraction of sp³-hybridized carbons (Fsp3) is 0.364. The van der Waals surface area contributed by atoms with Gasteiger partial charge in [0.05, 0.1) is 12.1 Å². The van der Waals surface area contributed by atoms with E-state index in [2.05, 4.69) is 0 Å². The fourth-order valence-corrected chi connectivity index (χ4v) is 3.16. The Morgan fingerprint density at radius 1 is 1.31 bits per heavy atom. The quantitative estimate of drug-likeness (QED) is 0.715. The Balaban J connectivity index is 2.03. The van der Waals surface area contributed by atoms with E-state index < -0.39 is 23.1 Å². The summed E-state index contributed by atoms with van der Waals surface area (Å²) in [5, 5.41) is 10.2. The highest BCUT2D eigenvalue weighted by molar-refractivity contribution is 6.14. The summed E-state index contributed by atoms with van der Waals surface area (Å²) in [4.78, 5) is 26.6. The van der Waals surface area contributed by atoms with Crippen molar-refractivity contribution < 1.29 is 28.2 Å². The van der Waals surface area contributed by atoms with Gasteiger partial charge in [-0.15, -0.1) is 0 Å². The molecule has 0 aliphatic carbocycles. The molecule has 0 fully saturated rings. The lowest BCUT2D eigenvalue weighted by molar-refractivity contribution is -0.127. The highest BCUT2D eigenvalue weighted by atomic mass is 19.1. The van der Waals surface area contributed by atoms with Crippen molar-refractivity contribution in [3.63, 3.8) is 0 Å². The van der Waals surface area contributed by atoms with Crippen LogP contribution in [-0.2, 0) is 21.6 Å². The highest BCUT2D eigenvalue weighted by Crippen LogP contribution is 2.32. The molecule has 2 aromatic rings. The van der Waals surface area contributed by atoms with Crippen LogP contribution < -0.4 is 0 Å². The molecule has 0 unspecified atom stereocenters. The second-order valence-electron chi connectivity index (χ2n) is 7.46. The van der Waals surface area contributed by atoms with Crippen LogP contribution in [0.25, 0.3) is 0 Å². The van der Waals surface area contributed by atoms with Gasteiger partial charge < -0.3 is 19.2 Å². The molecule has 3 rings (SSSR count). The molecule has 1 aliphatic heterocycles. The van der Waals surface area contributed by atoms with Gasteiger partial charge in [-0.3, -0.25) is 9.59 Å². The molecule has 154 valence electrons. The monoisotopic (exact) mass is 401 g/mol. The van der Waals surface area contributed by atoms with E-state index in [9.17, 15) is 19.1 Å². The molecule has 2 heterocycles. The molecule has 0 spiro atoms. The number of methoxy groups -OCH3 is 1. The largest absolute Gasteiger partial charge is 0.503 e. The first-order valence-corrected chi connectivity index (χ1v) is 9.36. The fourth-order valence-electron chi connectivity index (χ4n) is 3.16. The number of hydrogen-bond donors (Lipinski definition) is 1. The van der Waals surface area contributed by atoms with Crippen LogP contribution in [0.15, 0.2) is 46.1 Å². The lowest BCUT2D eigenvalue weighted by Crippen LogP contribution is -2.27. The number of Topliss-reactive ketones (excluding diaryl/α,β-unsaturated/α-hetero) is 1. The molecular formula is C22H24FNO5. The molecule has 0 saturated carbocycles. The van der Waals surface area contributed by atoms with Gasteiger partial charge in [-0.25, -0.2) is 4.39 Å². The molecule has 6 nitrogen and oxygen atoms in total. The zero-order chi connectivity index (χ0) is 21.3. The lowest BCUT2D eigenvalue weighted by Gasteiger charge is -2.19. The maximum absolute atomic E-state index is 13.2. The third kappa shape index (κ3) is 3.96. The van der Waals surface area contributed by atoms with Crippen molar-refractivity contribution in [2.45, 2.75) is 32.8 Å². The summed E-state index contributed by atoms with van der Waals surface area (Å²) in [6.45, 7) is 5.78. The van der Waals surface area contributed by atoms with E-state index in [1.54, 1.807) is 39.0 Å². The molecule has 0 bridgehead atoms. The first-order valence-electron chi connectivity index (χ1n) is 9.36. The smallest absolute Gasteiger partial charge is 0.289 e. The topological polar surface area (TPSA) is 80.0 Å². The molecule has 1 amide bonds. The first kappa shape index (κ1) is 20.8. The second-order valence-corrected chi connectivity index (χ2v) is 7.46. The molecule has 1 aromatic carbocycles. The van der Waals surface area contributed by atoms with Gasteiger partial charge in [0.2, 0.25) is 5.78 Å². The third-order valence-electron chi connectivity index (χ3n) is 5.21. The van der Waals surface area contributed by atoms with Crippen LogP contribution in [-0.4, -0.2) is 41.9 Å². The maximum atomic E-state index is 13.2. The minimum absolute atomic E-state index is 0.00771. The van der Waals surface area contributed by atoms with Crippen LogP contribution in [0.2, 0.25) is 0 Å². The molecule has 7 heteroatoms. The van der Waals surface area contributed by atoms with Crippen LogP contribution in [0.4, 0.5) is 4.39 Å². The lowest BCUT2D eigenvalue weighted by atomic mass is 9.99. The van der Waals surface area contributed by atoms with Crippen molar-refractivity contribution in [3.8, 4) is 0 Å². The van der Waals surface area contributed by atoms with Crippen molar-refractivity contribution in [1.82, 2.24) is 4.90 Å². The number of rotatable bonds is 7. The number of nitrogens with zero attached hydrogens (tertiary/aromatic N) is 1. The highest BCUT2D eigenvalue weighted by Gasteiger charge is 2.36. The van der Waals surface area contributed by atoms with Gasteiger partial charge in [-0.05, 0) is 44.5 Å². The van der Waals surface area contributed by atoms with Gasteiger partial charge in [0.15, 0.2) is 11.5 Å². The average Bonchev–Trinajstić information content (AvgIpc) is 3.25. The van der Waals surface area contributed by atoms with E-state index in [0.29, 0.717) is 24.3 Å². The van der Waals surface area contributed by atoms with Gasteiger partial charge in [0.25, 0.3) is 5.91 Å². The summed E-state index contributed by atoms with van der Waals surface area (Å²) in [6.07, 6.45) is 0.324. The summed E-state index contributed by atoms with van der Waals surface area (Å²) < 4.78 is 24.6. The number of ether oxygens (including phenoxy) is 1. The van der Waals surface area contributed by atoms with Gasteiger partial charge >= 0.3 is 0 Å². The van der Waals surface area contributed by atoms with E-state index in [1.807, 2.05) is 0 Å². The summed E-state index contributed by atoms with van der Waals surface area (Å²) in [5.74, 6) is -1.52. The Kier molecular flexibility index (Phi) is 5.61. The summed E-state index contributed by atoms with van der Waals surface area (Å²) in [6, 6.07) is 7.69. The van der Waals surface area contributed by atoms with Crippen LogP contribution in [0.1, 0.15) is 48.2 Å². The number of benzene rings is 1. The Bertz CT molecular complexity index is 972. The molecular weight excluding hydrogens is 377 g/mol. The van der Waals surface area contributed by atoms with Gasteiger partial charge in [-0.1, -0.05) is 12.1 Å². The number of ketones is 1. The van der Waals surface area contributed by atoms with Crippen molar-refractivity contribution in [2.24, 2.45) is 0 Å². The standard InChI is InChI=1S/C22H24FNO5/c1-5-24-12-16(19(26)21(24)27)18(25)20-14(10-13-6-8-15(23)9-7-13)11-17(29-20)22(2,3)28-4/h6-9,11,26H,5,10,12H2,1-4H3. The van der Waals surface area contributed by atoms with Crippen LogP contribution in [0.5, 0.6) is 0 Å². The minimum Gasteiger partial charge on any atom is -0.503 e. The number of hydrogen-bond acceptors (Lipinski definition) is 5. The minimum atomic E-state index is -0.784. The molecule has 1 aliphatic rings. The van der Waals surface area contributed by atoms with Gasteiger partial charge in [0.1, 0.15) is 17.2 Å². The van der Waals surface area contributed by atoms with Gasteiger partial charge in [0, 0.05) is 25.6 Å². The Morgan fingerprint density at radius 2 is 1.97 bits per heavy atom. The summed E-state index contributed by atoms with van der Waals surface area (Å²) in [7, 11) is 1.53. The molecule has 0 radical (unpaired) electrons. The van der Waals surface area contributed by atoms with Crippen molar-refractivity contribution in [3.05, 3.63) is 70.1 Å². The SMILES string of the molecule is CCN1CC(C(=O)c2oc(C(C)(C)OC)cc2Cc2ccc(F)cc2)=C(O)C1=O. The Hall–Kier alpha value is -2.93. The summed E-state index contributed by atoms with van der Waals surface area (Å²) in [5.41, 5.74) is 0.588. The van der Waals surface area contributed by atoms with Crippen molar-refractivity contribution in [1.29, 1.82) is 0 Å². The zero-order valence-electron chi connectivity index (χ0n) is 16.9. The normalized spacial score (nSPS) is 14.8. The second kappa shape index (κ2) is 7.83. The number of aliphatic hydroxyl groups is 1. The zero-order valence-corrected chi connectivity index (χ0v) is 16.9. The van der Waals surface area contributed by atoms with Crippen molar-refractivity contribution in [2.75, 3.05) is 20.2 Å². The number of likely N-dealkylation sites (N-methyl/N-ethyl adjacent to an activating group) is 1. The maximum Gasteiger partial charge on any atom is 0.289 e. The summed E-state index contributed by atoms with van der Waals surface area (Å²) >= 11 is 0. The molecule has 0 saturated heterocycles. The predicted molar refractivity (Wildman–Crippen MR) is 104 cm³/mol. The number of carbonyl (C=O) groups excluding carboxylic acids is 2. The van der Waals surface area contributed by atoms with E-state index in [1.165, 1.54) is 24.1 Å². The average molecular weight is 401 g/mol. The predicted octanol–water partition coefficient (Wildman–Crippen LogP) is 3.75. The Labute approximate surface area is 168 Å². The number of aliphatic hydroxyl groups excluding tert-OH is 1. The number of furan rings is 1.